The van der Waals surface area contributed by atoms with Gasteiger partial charge in [-0.25, -0.2) is 0 Å². The highest BCUT2D eigenvalue weighted by atomic mass is 16.7. The monoisotopic (exact) mass is 290 g/mol. The van der Waals surface area contributed by atoms with E-state index in [9.17, 15) is 5.11 Å². The molecule has 0 saturated carbocycles. The van der Waals surface area contributed by atoms with Crippen molar-refractivity contribution in [2.45, 2.75) is 26.2 Å². The van der Waals surface area contributed by atoms with Crippen LogP contribution in [0.5, 0.6) is 5.75 Å². The van der Waals surface area contributed by atoms with E-state index in [4.69, 9.17) is 14.2 Å². The van der Waals surface area contributed by atoms with Gasteiger partial charge in [0.15, 0.2) is 0 Å². The zero-order chi connectivity index (χ0) is 15.5. The molecule has 0 spiro atoms. The largest absolute Gasteiger partial charge is 0.497 e. The SMILES string of the molecule is CCOC(C#CC(O)C=Cc1ccc(OC)cc1)OCC. The topological polar surface area (TPSA) is 47.9 Å². The maximum Gasteiger partial charge on any atom is 0.222 e. The van der Waals surface area contributed by atoms with E-state index in [1.54, 1.807) is 19.3 Å². The normalized spacial score (nSPS) is 12.2. The number of methoxy groups -OCH3 is 1. The summed E-state index contributed by atoms with van der Waals surface area (Å²) in [6, 6.07) is 7.52. The van der Waals surface area contributed by atoms with Gasteiger partial charge in [0.05, 0.1) is 7.11 Å². The molecule has 1 aromatic rings. The van der Waals surface area contributed by atoms with Crippen LogP contribution in [0.3, 0.4) is 0 Å². The number of hydrogen-bond donors (Lipinski definition) is 1. The number of ether oxygens (including phenoxy) is 3. The first-order chi connectivity index (χ1) is 10.2. The van der Waals surface area contributed by atoms with Gasteiger partial charge in [0.25, 0.3) is 0 Å². The van der Waals surface area contributed by atoms with E-state index in [2.05, 4.69) is 11.8 Å². The molecule has 0 aliphatic heterocycles. The van der Waals surface area contributed by atoms with Crippen LogP contribution in [-0.4, -0.2) is 37.8 Å². The predicted molar refractivity (Wildman–Crippen MR) is 82.9 cm³/mol. The maximum absolute atomic E-state index is 9.80. The lowest BCUT2D eigenvalue weighted by atomic mass is 10.2. The Bertz CT molecular complexity index is 476. The molecule has 0 amide bonds. The van der Waals surface area contributed by atoms with E-state index < -0.39 is 12.4 Å². The summed E-state index contributed by atoms with van der Waals surface area (Å²) < 4.78 is 15.6. The number of rotatable bonds is 7. The third kappa shape index (κ3) is 6.96. The second-order valence-electron chi connectivity index (χ2n) is 4.11. The summed E-state index contributed by atoms with van der Waals surface area (Å²) in [5, 5.41) is 9.80. The molecule has 0 bridgehead atoms. The number of aliphatic hydroxyl groups is 1. The van der Waals surface area contributed by atoms with Crippen molar-refractivity contribution in [1.29, 1.82) is 0 Å². The molecule has 0 saturated heterocycles. The second-order valence-corrected chi connectivity index (χ2v) is 4.11. The highest BCUT2D eigenvalue weighted by Crippen LogP contribution is 2.12. The van der Waals surface area contributed by atoms with Crippen LogP contribution in [0.1, 0.15) is 19.4 Å². The van der Waals surface area contributed by atoms with Crippen molar-refractivity contribution in [3.05, 3.63) is 35.9 Å². The number of aliphatic hydroxyl groups excluding tert-OH is 1. The fraction of sp³-hybridized carbons (Fsp3) is 0.412. The summed E-state index contributed by atoms with van der Waals surface area (Å²) in [4.78, 5) is 0. The van der Waals surface area contributed by atoms with Gasteiger partial charge in [-0.3, -0.25) is 0 Å². The Labute approximate surface area is 126 Å². The minimum Gasteiger partial charge on any atom is -0.497 e. The molecule has 0 aliphatic carbocycles. The molecule has 4 heteroatoms. The lowest BCUT2D eigenvalue weighted by Crippen LogP contribution is -2.15. The van der Waals surface area contributed by atoms with Crippen LogP contribution in [-0.2, 0) is 9.47 Å². The van der Waals surface area contributed by atoms with Crippen molar-refractivity contribution in [1.82, 2.24) is 0 Å². The molecular weight excluding hydrogens is 268 g/mol. The molecule has 4 nitrogen and oxygen atoms in total. The van der Waals surface area contributed by atoms with E-state index in [0.717, 1.165) is 11.3 Å². The van der Waals surface area contributed by atoms with Crippen LogP contribution in [0.15, 0.2) is 30.3 Å². The second kappa shape index (κ2) is 10.0. The molecule has 0 heterocycles. The van der Waals surface area contributed by atoms with Crippen LogP contribution in [0, 0.1) is 11.8 Å². The molecule has 114 valence electrons. The van der Waals surface area contributed by atoms with Gasteiger partial charge in [-0.1, -0.05) is 24.1 Å². The zero-order valence-corrected chi connectivity index (χ0v) is 12.7. The third-order valence-corrected chi connectivity index (χ3v) is 2.57. The standard InChI is InChI=1S/C17H22O4/c1-4-20-17(21-5-2)13-10-15(18)9-6-14-7-11-16(19-3)12-8-14/h6-9,11-12,15,17-18H,4-5H2,1-3H3. The molecular formula is C17H22O4. The minimum atomic E-state index is -0.865. The quantitative estimate of drug-likeness (QED) is 0.619. The Balaban J connectivity index is 2.58. The van der Waals surface area contributed by atoms with Crippen molar-refractivity contribution in [3.8, 4) is 17.6 Å². The van der Waals surface area contributed by atoms with Gasteiger partial charge >= 0.3 is 0 Å². The van der Waals surface area contributed by atoms with E-state index in [0.29, 0.717) is 13.2 Å². The fourth-order valence-electron chi connectivity index (χ4n) is 1.55. The van der Waals surface area contributed by atoms with Crippen LogP contribution in [0.4, 0.5) is 0 Å². The molecule has 1 atom stereocenters. The third-order valence-electron chi connectivity index (χ3n) is 2.57. The average Bonchev–Trinajstić information content (AvgIpc) is 2.51. The van der Waals surface area contributed by atoms with Gasteiger partial charge in [-0.15, -0.1) is 0 Å². The Morgan fingerprint density at radius 2 is 1.71 bits per heavy atom. The first kappa shape index (κ1) is 17.3. The number of benzene rings is 1. The van der Waals surface area contributed by atoms with Crippen LogP contribution in [0.2, 0.25) is 0 Å². The molecule has 0 fully saturated rings. The summed E-state index contributed by atoms with van der Waals surface area (Å²) in [6.45, 7) is 4.76. The summed E-state index contributed by atoms with van der Waals surface area (Å²) in [5.41, 5.74) is 0.961. The van der Waals surface area contributed by atoms with Crippen LogP contribution < -0.4 is 4.74 Å². The average molecular weight is 290 g/mol. The van der Waals surface area contributed by atoms with Gasteiger partial charge in [0.2, 0.25) is 6.29 Å². The minimum absolute atomic E-state index is 0.511. The Morgan fingerprint density at radius 3 is 2.24 bits per heavy atom. The molecule has 1 rings (SSSR count). The van der Waals surface area contributed by atoms with Gasteiger partial charge in [-0.2, -0.15) is 0 Å². The fourth-order valence-corrected chi connectivity index (χ4v) is 1.55. The molecule has 1 aromatic carbocycles. The lowest BCUT2D eigenvalue weighted by Gasteiger charge is -2.09. The van der Waals surface area contributed by atoms with Crippen LogP contribution >= 0.6 is 0 Å². The summed E-state index contributed by atoms with van der Waals surface area (Å²) in [7, 11) is 1.62. The molecule has 0 radical (unpaired) electrons. The molecule has 21 heavy (non-hydrogen) atoms. The van der Waals surface area contributed by atoms with Crippen LogP contribution in [0.25, 0.3) is 6.08 Å². The lowest BCUT2D eigenvalue weighted by molar-refractivity contribution is -0.0971. The van der Waals surface area contributed by atoms with Gasteiger partial charge in [0.1, 0.15) is 11.9 Å². The van der Waals surface area contributed by atoms with E-state index >= 15 is 0 Å². The van der Waals surface area contributed by atoms with Gasteiger partial charge in [-0.05, 0) is 43.5 Å². The van der Waals surface area contributed by atoms with Crippen molar-refractivity contribution < 1.29 is 19.3 Å². The molecule has 1 unspecified atom stereocenters. The molecule has 0 aliphatic rings. The zero-order valence-electron chi connectivity index (χ0n) is 12.7. The number of hydrogen-bond acceptors (Lipinski definition) is 4. The first-order valence-electron chi connectivity index (χ1n) is 6.94. The summed E-state index contributed by atoms with van der Waals surface area (Å²) in [6.07, 6.45) is 1.96. The van der Waals surface area contributed by atoms with Crippen molar-refractivity contribution in [2.24, 2.45) is 0 Å². The molecule has 0 aromatic heterocycles. The van der Waals surface area contributed by atoms with Gasteiger partial charge in [0, 0.05) is 13.2 Å². The smallest absolute Gasteiger partial charge is 0.222 e. The van der Waals surface area contributed by atoms with Crippen molar-refractivity contribution >= 4 is 6.08 Å². The highest BCUT2D eigenvalue weighted by molar-refractivity contribution is 5.51. The highest BCUT2D eigenvalue weighted by Gasteiger charge is 2.02. The van der Waals surface area contributed by atoms with Crippen molar-refractivity contribution in [2.75, 3.05) is 20.3 Å². The van der Waals surface area contributed by atoms with E-state index in [-0.39, 0.29) is 0 Å². The Kier molecular flexibility index (Phi) is 8.22. The van der Waals surface area contributed by atoms with Crippen molar-refractivity contribution in [3.63, 3.8) is 0 Å². The first-order valence-corrected chi connectivity index (χ1v) is 6.94. The summed E-state index contributed by atoms with van der Waals surface area (Å²) in [5.74, 6) is 6.24. The predicted octanol–water partition coefficient (Wildman–Crippen LogP) is 2.47. The maximum atomic E-state index is 9.80. The summed E-state index contributed by atoms with van der Waals surface area (Å²) >= 11 is 0. The van der Waals surface area contributed by atoms with Gasteiger partial charge < -0.3 is 19.3 Å². The Morgan fingerprint density at radius 1 is 1.10 bits per heavy atom. The van der Waals surface area contributed by atoms with E-state index in [1.165, 1.54) is 0 Å². The van der Waals surface area contributed by atoms with E-state index in [1.807, 2.05) is 38.1 Å². The Hall–Kier alpha value is -1.80. The molecule has 1 N–H and O–H groups in total.